The van der Waals surface area contributed by atoms with Crippen LogP contribution in [0.5, 0.6) is 0 Å². The van der Waals surface area contributed by atoms with Gasteiger partial charge in [-0.2, -0.15) is 4.98 Å². The van der Waals surface area contributed by atoms with Gasteiger partial charge in [0.25, 0.3) is 5.89 Å². The van der Waals surface area contributed by atoms with E-state index in [2.05, 4.69) is 20.4 Å². The summed E-state index contributed by atoms with van der Waals surface area (Å²) < 4.78 is 10.9. The van der Waals surface area contributed by atoms with Crippen molar-refractivity contribution in [1.82, 2.24) is 20.4 Å². The maximum absolute atomic E-state index is 11.2. The summed E-state index contributed by atoms with van der Waals surface area (Å²) in [5, 5.41) is 6.80. The fourth-order valence-corrected chi connectivity index (χ4v) is 2.43. The molecule has 3 aromatic heterocycles. The van der Waals surface area contributed by atoms with Crippen LogP contribution in [-0.4, -0.2) is 27.6 Å². The molecule has 1 atom stereocenters. The van der Waals surface area contributed by atoms with Crippen LogP contribution in [0.3, 0.4) is 0 Å². The highest BCUT2D eigenvalue weighted by molar-refractivity contribution is 5.77. The molecule has 0 aromatic carbocycles. The first kappa shape index (κ1) is 12.1. The van der Waals surface area contributed by atoms with E-state index in [0.29, 0.717) is 36.0 Å². The number of piperidine rings is 1. The van der Waals surface area contributed by atoms with Crippen molar-refractivity contribution in [1.29, 1.82) is 0 Å². The fourth-order valence-electron chi connectivity index (χ4n) is 2.43. The van der Waals surface area contributed by atoms with Crippen molar-refractivity contribution in [3.05, 3.63) is 30.2 Å². The van der Waals surface area contributed by atoms with Crippen LogP contribution in [-0.2, 0) is 4.79 Å². The third-order valence-electron chi connectivity index (χ3n) is 3.57. The molecule has 1 aliphatic heterocycles. The smallest absolute Gasteiger partial charge is 0.293 e. The van der Waals surface area contributed by atoms with E-state index < -0.39 is 0 Å². The van der Waals surface area contributed by atoms with Crippen LogP contribution in [0, 0.1) is 0 Å². The Morgan fingerprint density at radius 2 is 2.33 bits per heavy atom. The van der Waals surface area contributed by atoms with Crippen molar-refractivity contribution in [2.75, 3.05) is 6.54 Å². The summed E-state index contributed by atoms with van der Waals surface area (Å²) in [5.41, 5.74) is 1.43. The molecule has 0 bridgehead atoms. The second-order valence-electron chi connectivity index (χ2n) is 4.99. The fraction of sp³-hybridized carbons (Fsp3) is 0.286. The van der Waals surface area contributed by atoms with Gasteiger partial charge in [-0.25, -0.2) is 0 Å². The van der Waals surface area contributed by atoms with Crippen LogP contribution in [0.25, 0.3) is 22.8 Å². The number of amides is 1. The zero-order chi connectivity index (χ0) is 14.2. The predicted molar refractivity (Wildman–Crippen MR) is 72.3 cm³/mol. The molecular formula is C14H12N4O3. The molecule has 1 saturated heterocycles. The molecular weight excluding hydrogens is 272 g/mol. The maximum Gasteiger partial charge on any atom is 0.293 e. The molecule has 4 heterocycles. The number of rotatable bonds is 2. The van der Waals surface area contributed by atoms with Gasteiger partial charge < -0.3 is 14.3 Å². The van der Waals surface area contributed by atoms with Crippen LogP contribution >= 0.6 is 0 Å². The number of furan rings is 1. The number of carbonyl (C=O) groups excluding carboxylic acids is 1. The van der Waals surface area contributed by atoms with Gasteiger partial charge in [0.1, 0.15) is 5.52 Å². The van der Waals surface area contributed by atoms with Gasteiger partial charge in [-0.15, -0.1) is 0 Å². The Morgan fingerprint density at radius 3 is 3.14 bits per heavy atom. The molecule has 1 N–H and O–H groups in total. The number of nitrogens with zero attached hydrogens (tertiary/aromatic N) is 3. The Balaban J connectivity index is 1.63. The van der Waals surface area contributed by atoms with Crippen LogP contribution < -0.4 is 5.32 Å². The lowest BCUT2D eigenvalue weighted by Gasteiger charge is -2.18. The van der Waals surface area contributed by atoms with E-state index >= 15 is 0 Å². The van der Waals surface area contributed by atoms with Gasteiger partial charge >= 0.3 is 0 Å². The van der Waals surface area contributed by atoms with Crippen molar-refractivity contribution >= 4 is 17.0 Å². The number of carbonyl (C=O) groups is 1. The van der Waals surface area contributed by atoms with Crippen molar-refractivity contribution in [2.24, 2.45) is 0 Å². The molecule has 4 rings (SSSR count). The summed E-state index contributed by atoms with van der Waals surface area (Å²) in [6, 6.07) is 5.41. The van der Waals surface area contributed by atoms with Gasteiger partial charge in [0.2, 0.25) is 5.91 Å². The van der Waals surface area contributed by atoms with Crippen LogP contribution in [0.4, 0.5) is 0 Å². The Morgan fingerprint density at radius 1 is 1.38 bits per heavy atom. The Labute approximate surface area is 119 Å². The topological polar surface area (TPSA) is 94.0 Å². The summed E-state index contributed by atoms with van der Waals surface area (Å²) in [5.74, 6) is 1.58. The van der Waals surface area contributed by atoms with E-state index in [1.807, 2.05) is 6.07 Å². The third-order valence-corrected chi connectivity index (χ3v) is 3.57. The average molecular weight is 284 g/mol. The number of pyridine rings is 1. The molecule has 1 fully saturated rings. The molecule has 21 heavy (non-hydrogen) atoms. The van der Waals surface area contributed by atoms with Crippen molar-refractivity contribution in [3.8, 4) is 11.7 Å². The van der Waals surface area contributed by atoms with Gasteiger partial charge in [-0.1, -0.05) is 5.16 Å². The standard InChI is InChI=1S/C14H12N4O3/c19-12-4-3-8(7-16-12)13-17-14(21-18-13)11-6-9-10(20-11)2-1-5-15-9/h1-2,5-6,8H,3-4,7H2,(H,16,19). The summed E-state index contributed by atoms with van der Waals surface area (Å²) in [6.45, 7) is 0.541. The number of nitrogens with one attached hydrogen (secondary N) is 1. The van der Waals surface area contributed by atoms with Gasteiger partial charge in [0.05, 0.1) is 0 Å². The first-order valence-electron chi connectivity index (χ1n) is 6.75. The minimum Gasteiger partial charge on any atom is -0.449 e. The highest BCUT2D eigenvalue weighted by Gasteiger charge is 2.25. The molecule has 1 aliphatic rings. The number of fused-ring (bicyclic) bond motifs is 1. The highest BCUT2D eigenvalue weighted by atomic mass is 16.5. The number of hydrogen-bond acceptors (Lipinski definition) is 6. The number of aromatic nitrogens is 3. The van der Waals surface area contributed by atoms with Gasteiger partial charge in [-0.05, 0) is 18.6 Å². The number of hydrogen-bond donors (Lipinski definition) is 1. The Kier molecular flexibility index (Phi) is 2.70. The molecule has 0 spiro atoms. The molecule has 0 saturated carbocycles. The van der Waals surface area contributed by atoms with Crippen molar-refractivity contribution in [2.45, 2.75) is 18.8 Å². The molecule has 1 amide bonds. The molecule has 106 valence electrons. The lowest BCUT2D eigenvalue weighted by atomic mass is 9.99. The van der Waals surface area contributed by atoms with E-state index in [1.165, 1.54) is 0 Å². The van der Waals surface area contributed by atoms with Gasteiger partial charge in [-0.3, -0.25) is 9.78 Å². The van der Waals surface area contributed by atoms with Crippen LogP contribution in [0.1, 0.15) is 24.6 Å². The van der Waals surface area contributed by atoms with E-state index in [4.69, 9.17) is 8.94 Å². The molecule has 7 heteroatoms. The second-order valence-corrected chi connectivity index (χ2v) is 4.99. The summed E-state index contributed by atoms with van der Waals surface area (Å²) in [6.07, 6.45) is 2.92. The first-order valence-corrected chi connectivity index (χ1v) is 6.75. The third kappa shape index (κ3) is 2.16. The normalized spacial score (nSPS) is 18.9. The Hall–Kier alpha value is -2.70. The Bertz CT molecular complexity index is 764. The van der Waals surface area contributed by atoms with E-state index in [-0.39, 0.29) is 11.8 Å². The van der Waals surface area contributed by atoms with E-state index in [0.717, 1.165) is 11.9 Å². The second kappa shape index (κ2) is 4.69. The molecule has 1 unspecified atom stereocenters. The SMILES string of the molecule is O=C1CCC(c2noc(-c3cc4ncccc4o3)n2)CN1. The van der Waals surface area contributed by atoms with Crippen LogP contribution in [0.2, 0.25) is 0 Å². The summed E-state index contributed by atoms with van der Waals surface area (Å²) >= 11 is 0. The monoisotopic (exact) mass is 284 g/mol. The predicted octanol–water partition coefficient (Wildman–Crippen LogP) is 1.87. The van der Waals surface area contributed by atoms with Gasteiger partial charge in [0.15, 0.2) is 17.2 Å². The average Bonchev–Trinajstić information content (AvgIpc) is 3.14. The van der Waals surface area contributed by atoms with Crippen LogP contribution in [0.15, 0.2) is 33.3 Å². The zero-order valence-corrected chi connectivity index (χ0v) is 11.1. The lowest BCUT2D eigenvalue weighted by Crippen LogP contribution is -2.34. The zero-order valence-electron chi connectivity index (χ0n) is 11.1. The largest absolute Gasteiger partial charge is 0.449 e. The maximum atomic E-state index is 11.2. The molecule has 3 aromatic rings. The summed E-state index contributed by atoms with van der Waals surface area (Å²) in [7, 11) is 0. The quantitative estimate of drug-likeness (QED) is 0.772. The minimum absolute atomic E-state index is 0.0679. The molecule has 0 aliphatic carbocycles. The molecule has 7 nitrogen and oxygen atoms in total. The minimum atomic E-state index is 0.0679. The van der Waals surface area contributed by atoms with Crippen molar-refractivity contribution in [3.63, 3.8) is 0 Å². The van der Waals surface area contributed by atoms with E-state index in [9.17, 15) is 4.79 Å². The summed E-state index contributed by atoms with van der Waals surface area (Å²) in [4.78, 5) is 19.7. The first-order chi connectivity index (χ1) is 10.3. The van der Waals surface area contributed by atoms with Gasteiger partial charge in [0, 0.05) is 31.1 Å². The lowest BCUT2D eigenvalue weighted by molar-refractivity contribution is -0.122. The highest BCUT2D eigenvalue weighted by Crippen LogP contribution is 2.27. The van der Waals surface area contributed by atoms with Crippen molar-refractivity contribution < 1.29 is 13.7 Å². The molecule has 0 radical (unpaired) electrons. The van der Waals surface area contributed by atoms with E-state index in [1.54, 1.807) is 18.3 Å².